The van der Waals surface area contributed by atoms with Crippen LogP contribution in [0.1, 0.15) is 44.6 Å². The second-order valence-corrected chi connectivity index (χ2v) is 5.44. The number of nitrogens with one attached hydrogen (secondary N) is 1. The highest BCUT2D eigenvalue weighted by molar-refractivity contribution is 5.90. The SMILES string of the molecule is CCC(CC)(NC(=O)C1CC1c1ccccc1)C(=O)O. The van der Waals surface area contributed by atoms with Crippen molar-refractivity contribution in [3.63, 3.8) is 0 Å². The molecule has 2 atom stereocenters. The van der Waals surface area contributed by atoms with Gasteiger partial charge in [-0.3, -0.25) is 4.79 Å². The predicted molar refractivity (Wildman–Crippen MR) is 76.4 cm³/mol. The standard InChI is InChI=1S/C16H21NO3/c1-3-16(4-2,15(19)20)17-14(18)13-10-12(13)11-8-6-5-7-9-11/h5-9,12-13H,3-4,10H2,1-2H3,(H,17,18)(H,19,20). The lowest BCUT2D eigenvalue weighted by molar-refractivity contribution is -0.148. The molecular formula is C16H21NO3. The van der Waals surface area contributed by atoms with Crippen LogP contribution < -0.4 is 5.32 Å². The molecule has 1 aliphatic carbocycles. The first kappa shape index (κ1) is 14.6. The van der Waals surface area contributed by atoms with Gasteiger partial charge in [0.2, 0.25) is 5.91 Å². The molecule has 1 aromatic carbocycles. The molecule has 20 heavy (non-hydrogen) atoms. The molecule has 0 aliphatic heterocycles. The lowest BCUT2D eigenvalue weighted by Crippen LogP contribution is -2.54. The van der Waals surface area contributed by atoms with Crippen molar-refractivity contribution in [2.75, 3.05) is 0 Å². The number of carboxylic acid groups (broad SMARTS) is 1. The Morgan fingerprint density at radius 3 is 2.35 bits per heavy atom. The van der Waals surface area contributed by atoms with Crippen LogP contribution in [0.3, 0.4) is 0 Å². The molecule has 1 fully saturated rings. The van der Waals surface area contributed by atoms with Crippen molar-refractivity contribution in [1.82, 2.24) is 5.32 Å². The Morgan fingerprint density at radius 1 is 1.25 bits per heavy atom. The van der Waals surface area contributed by atoms with Gasteiger partial charge in [-0.05, 0) is 30.7 Å². The average Bonchev–Trinajstić information content (AvgIpc) is 3.26. The number of carboxylic acids is 1. The van der Waals surface area contributed by atoms with Crippen LogP contribution in [-0.2, 0) is 9.59 Å². The molecule has 4 heteroatoms. The molecule has 2 unspecified atom stereocenters. The minimum Gasteiger partial charge on any atom is -0.480 e. The van der Waals surface area contributed by atoms with Gasteiger partial charge in [0.1, 0.15) is 5.54 Å². The Labute approximate surface area is 119 Å². The van der Waals surface area contributed by atoms with Gasteiger partial charge < -0.3 is 10.4 Å². The van der Waals surface area contributed by atoms with Crippen molar-refractivity contribution in [1.29, 1.82) is 0 Å². The summed E-state index contributed by atoms with van der Waals surface area (Å²) in [4.78, 5) is 23.7. The van der Waals surface area contributed by atoms with E-state index in [0.29, 0.717) is 12.8 Å². The summed E-state index contributed by atoms with van der Waals surface area (Å²) in [5, 5.41) is 12.1. The summed E-state index contributed by atoms with van der Waals surface area (Å²) in [6, 6.07) is 9.90. The Kier molecular flexibility index (Phi) is 4.12. The van der Waals surface area contributed by atoms with Gasteiger partial charge in [0.25, 0.3) is 0 Å². The van der Waals surface area contributed by atoms with E-state index in [4.69, 9.17) is 0 Å². The predicted octanol–water partition coefficient (Wildman–Crippen LogP) is 2.55. The molecule has 1 saturated carbocycles. The lowest BCUT2D eigenvalue weighted by Gasteiger charge is -2.28. The zero-order valence-electron chi connectivity index (χ0n) is 11.9. The maximum absolute atomic E-state index is 12.3. The van der Waals surface area contributed by atoms with Gasteiger partial charge >= 0.3 is 5.97 Å². The summed E-state index contributed by atoms with van der Waals surface area (Å²) in [5.74, 6) is -0.941. The third-order valence-electron chi connectivity index (χ3n) is 4.33. The number of benzene rings is 1. The summed E-state index contributed by atoms with van der Waals surface area (Å²) in [5.41, 5.74) is 0.0301. The normalized spacial score (nSPS) is 21.3. The van der Waals surface area contributed by atoms with E-state index in [0.717, 1.165) is 12.0 Å². The summed E-state index contributed by atoms with van der Waals surface area (Å²) in [7, 11) is 0. The number of carbonyl (C=O) groups is 2. The van der Waals surface area contributed by atoms with E-state index in [1.807, 2.05) is 30.3 Å². The van der Waals surface area contributed by atoms with Gasteiger partial charge in [0.05, 0.1) is 0 Å². The minimum absolute atomic E-state index is 0.0887. The molecule has 2 rings (SSSR count). The molecule has 0 radical (unpaired) electrons. The van der Waals surface area contributed by atoms with Crippen molar-refractivity contribution >= 4 is 11.9 Å². The fraction of sp³-hybridized carbons (Fsp3) is 0.500. The van der Waals surface area contributed by atoms with Crippen LogP contribution in [0, 0.1) is 5.92 Å². The maximum atomic E-state index is 12.3. The zero-order chi connectivity index (χ0) is 14.8. The van der Waals surface area contributed by atoms with Crippen LogP contribution in [-0.4, -0.2) is 22.5 Å². The van der Waals surface area contributed by atoms with Crippen LogP contribution in [0.25, 0.3) is 0 Å². The number of carbonyl (C=O) groups excluding carboxylic acids is 1. The fourth-order valence-corrected chi connectivity index (χ4v) is 2.66. The average molecular weight is 275 g/mol. The number of hydrogen-bond acceptors (Lipinski definition) is 2. The molecule has 1 amide bonds. The van der Waals surface area contributed by atoms with E-state index in [1.165, 1.54) is 0 Å². The first-order valence-corrected chi connectivity index (χ1v) is 7.14. The molecular weight excluding hydrogens is 254 g/mol. The maximum Gasteiger partial charge on any atom is 0.329 e. The van der Waals surface area contributed by atoms with Crippen molar-refractivity contribution in [2.45, 2.75) is 44.6 Å². The molecule has 4 nitrogen and oxygen atoms in total. The van der Waals surface area contributed by atoms with Crippen molar-refractivity contribution < 1.29 is 14.7 Å². The van der Waals surface area contributed by atoms with Crippen LogP contribution in [0.5, 0.6) is 0 Å². The first-order chi connectivity index (χ1) is 9.54. The molecule has 2 N–H and O–H groups in total. The highest BCUT2D eigenvalue weighted by Crippen LogP contribution is 2.47. The van der Waals surface area contributed by atoms with Crippen LogP contribution in [0.2, 0.25) is 0 Å². The topological polar surface area (TPSA) is 66.4 Å². The third kappa shape index (κ3) is 2.69. The van der Waals surface area contributed by atoms with Gasteiger partial charge in [-0.2, -0.15) is 0 Å². The molecule has 108 valence electrons. The Balaban J connectivity index is 2.02. The van der Waals surface area contributed by atoms with Crippen molar-refractivity contribution in [3.05, 3.63) is 35.9 Å². The Bertz CT molecular complexity index is 494. The number of hydrogen-bond donors (Lipinski definition) is 2. The van der Waals surface area contributed by atoms with Gasteiger partial charge in [-0.1, -0.05) is 44.2 Å². The highest BCUT2D eigenvalue weighted by Gasteiger charge is 2.47. The number of rotatable bonds is 6. The number of amides is 1. The summed E-state index contributed by atoms with van der Waals surface area (Å²) < 4.78 is 0. The van der Waals surface area contributed by atoms with E-state index in [2.05, 4.69) is 5.32 Å². The van der Waals surface area contributed by atoms with Gasteiger partial charge in [0.15, 0.2) is 0 Å². The first-order valence-electron chi connectivity index (χ1n) is 7.14. The molecule has 0 saturated heterocycles. The molecule has 1 aliphatic rings. The van der Waals surface area contributed by atoms with E-state index >= 15 is 0 Å². The molecule has 0 aromatic heterocycles. The molecule has 0 spiro atoms. The quantitative estimate of drug-likeness (QED) is 0.838. The van der Waals surface area contributed by atoms with E-state index in [1.54, 1.807) is 13.8 Å². The van der Waals surface area contributed by atoms with E-state index in [9.17, 15) is 14.7 Å². The van der Waals surface area contributed by atoms with Crippen molar-refractivity contribution in [2.24, 2.45) is 5.92 Å². The lowest BCUT2D eigenvalue weighted by atomic mass is 9.92. The molecule has 0 heterocycles. The molecule has 0 bridgehead atoms. The van der Waals surface area contributed by atoms with Gasteiger partial charge in [-0.15, -0.1) is 0 Å². The van der Waals surface area contributed by atoms with Crippen LogP contribution in [0.15, 0.2) is 30.3 Å². The monoisotopic (exact) mass is 275 g/mol. The molecule has 1 aromatic rings. The van der Waals surface area contributed by atoms with E-state index < -0.39 is 11.5 Å². The number of aliphatic carboxylic acids is 1. The third-order valence-corrected chi connectivity index (χ3v) is 4.33. The second-order valence-electron chi connectivity index (χ2n) is 5.44. The van der Waals surface area contributed by atoms with Gasteiger partial charge in [0, 0.05) is 5.92 Å². The van der Waals surface area contributed by atoms with Crippen LogP contribution in [0.4, 0.5) is 0 Å². The second kappa shape index (κ2) is 5.65. The van der Waals surface area contributed by atoms with Crippen molar-refractivity contribution in [3.8, 4) is 0 Å². The Hall–Kier alpha value is -1.84. The zero-order valence-corrected chi connectivity index (χ0v) is 11.9. The Morgan fingerprint density at radius 2 is 1.85 bits per heavy atom. The largest absolute Gasteiger partial charge is 0.480 e. The minimum atomic E-state index is -1.12. The van der Waals surface area contributed by atoms with Gasteiger partial charge in [-0.25, -0.2) is 4.79 Å². The summed E-state index contributed by atoms with van der Waals surface area (Å²) in [6.45, 7) is 3.58. The summed E-state index contributed by atoms with van der Waals surface area (Å²) in [6.07, 6.45) is 1.60. The smallest absolute Gasteiger partial charge is 0.329 e. The van der Waals surface area contributed by atoms with E-state index in [-0.39, 0.29) is 17.7 Å². The summed E-state index contributed by atoms with van der Waals surface area (Å²) >= 11 is 0. The van der Waals surface area contributed by atoms with Crippen LogP contribution >= 0.6 is 0 Å². The highest BCUT2D eigenvalue weighted by atomic mass is 16.4. The fourth-order valence-electron chi connectivity index (χ4n) is 2.66.